The summed E-state index contributed by atoms with van der Waals surface area (Å²) in [4.78, 5) is 4.61. The molecule has 1 fully saturated rings. The monoisotopic (exact) mass is 358 g/mol. The van der Waals surface area contributed by atoms with E-state index in [1.54, 1.807) is 19.1 Å². The Kier molecular flexibility index (Phi) is 6.12. The van der Waals surface area contributed by atoms with E-state index in [2.05, 4.69) is 41.0 Å². The fourth-order valence-corrected chi connectivity index (χ4v) is 3.15. The van der Waals surface area contributed by atoms with Crippen molar-refractivity contribution in [1.29, 1.82) is 0 Å². The van der Waals surface area contributed by atoms with Gasteiger partial charge in [0.15, 0.2) is 0 Å². The Hall–Kier alpha value is -2.11. The molecule has 1 heterocycles. The number of nitrogens with zero attached hydrogens (tertiary/aromatic N) is 2. The number of hydrogen-bond donors (Lipinski definition) is 1. The van der Waals surface area contributed by atoms with Gasteiger partial charge in [-0.05, 0) is 37.6 Å². The first kappa shape index (κ1) is 18.7. The number of aliphatic hydroxyl groups excluding tert-OH is 1. The number of aliphatic hydroxyl groups is 1. The molecule has 4 nitrogen and oxygen atoms in total. The predicted octanol–water partition coefficient (Wildman–Crippen LogP) is 3.00. The largest absolute Gasteiger partial charge is 0.491 e. The van der Waals surface area contributed by atoms with Crippen molar-refractivity contribution in [2.75, 3.05) is 44.2 Å². The maximum Gasteiger partial charge on any atom is 0.129 e. The molecule has 1 saturated heterocycles. The fraction of sp³-hybridized carbons (Fsp3) is 0.429. The molecule has 0 bridgehead atoms. The second kappa shape index (κ2) is 8.52. The molecule has 0 aliphatic carbocycles. The molecule has 1 aliphatic rings. The molecule has 3 rings (SSSR count). The van der Waals surface area contributed by atoms with Crippen molar-refractivity contribution in [3.8, 4) is 5.75 Å². The predicted molar refractivity (Wildman–Crippen MR) is 102 cm³/mol. The Labute approximate surface area is 154 Å². The zero-order valence-corrected chi connectivity index (χ0v) is 15.5. The third kappa shape index (κ3) is 4.96. The molecule has 0 amide bonds. The number of anilines is 1. The van der Waals surface area contributed by atoms with Crippen LogP contribution in [-0.2, 0) is 0 Å². The Morgan fingerprint density at radius 3 is 2.38 bits per heavy atom. The van der Waals surface area contributed by atoms with Gasteiger partial charge in [0.2, 0.25) is 0 Å². The van der Waals surface area contributed by atoms with Gasteiger partial charge < -0.3 is 14.7 Å². The number of halogens is 1. The molecule has 1 N–H and O–H groups in total. The van der Waals surface area contributed by atoms with Crippen LogP contribution < -0.4 is 9.64 Å². The van der Waals surface area contributed by atoms with E-state index < -0.39 is 6.10 Å². The second-order valence-corrected chi connectivity index (χ2v) is 7.00. The first-order valence-corrected chi connectivity index (χ1v) is 9.12. The van der Waals surface area contributed by atoms with E-state index in [1.165, 1.54) is 17.3 Å². The minimum Gasteiger partial charge on any atom is -0.491 e. The maximum absolute atomic E-state index is 13.5. The average molecular weight is 358 g/mol. The highest BCUT2D eigenvalue weighted by Gasteiger charge is 2.19. The zero-order chi connectivity index (χ0) is 18.5. The normalized spacial score (nSPS) is 16.5. The van der Waals surface area contributed by atoms with Crippen LogP contribution in [0.3, 0.4) is 0 Å². The lowest BCUT2D eigenvalue weighted by atomic mass is 10.2. The van der Waals surface area contributed by atoms with E-state index in [4.69, 9.17) is 4.74 Å². The van der Waals surface area contributed by atoms with Crippen molar-refractivity contribution in [3.63, 3.8) is 0 Å². The van der Waals surface area contributed by atoms with Gasteiger partial charge in [-0.1, -0.05) is 23.8 Å². The van der Waals surface area contributed by atoms with Crippen LogP contribution in [0.4, 0.5) is 10.1 Å². The van der Waals surface area contributed by atoms with Crippen LogP contribution in [-0.4, -0.2) is 55.4 Å². The van der Waals surface area contributed by atoms with Crippen LogP contribution in [0.15, 0.2) is 42.5 Å². The highest BCUT2D eigenvalue weighted by atomic mass is 19.1. The Morgan fingerprint density at radius 2 is 1.73 bits per heavy atom. The summed E-state index contributed by atoms with van der Waals surface area (Å²) in [5.41, 5.74) is 3.11. The third-order valence-corrected chi connectivity index (χ3v) is 4.83. The molecule has 26 heavy (non-hydrogen) atoms. The van der Waals surface area contributed by atoms with Crippen molar-refractivity contribution >= 4 is 5.69 Å². The van der Waals surface area contributed by atoms with E-state index in [9.17, 15) is 9.50 Å². The van der Waals surface area contributed by atoms with Crippen LogP contribution in [0, 0.1) is 19.7 Å². The standard InChI is InChI=1S/C21H27FN2O2/c1-16-3-6-18(7-4-16)24-11-9-23(10-12-24)14-19(25)15-26-20-8-5-17(2)21(22)13-20/h3-8,13,19,25H,9-12,14-15H2,1-2H3/t19-/m0/s1. The third-order valence-electron chi connectivity index (χ3n) is 4.83. The van der Waals surface area contributed by atoms with E-state index in [1.807, 2.05) is 0 Å². The van der Waals surface area contributed by atoms with Crippen LogP contribution in [0.1, 0.15) is 11.1 Å². The summed E-state index contributed by atoms with van der Waals surface area (Å²) in [6, 6.07) is 13.4. The number of benzene rings is 2. The minimum atomic E-state index is -0.592. The van der Waals surface area contributed by atoms with Gasteiger partial charge in [0.25, 0.3) is 0 Å². The molecule has 1 atom stereocenters. The van der Waals surface area contributed by atoms with Gasteiger partial charge in [-0.15, -0.1) is 0 Å². The van der Waals surface area contributed by atoms with Gasteiger partial charge in [0.1, 0.15) is 24.3 Å². The quantitative estimate of drug-likeness (QED) is 0.861. The number of hydrogen-bond acceptors (Lipinski definition) is 4. The topological polar surface area (TPSA) is 35.9 Å². The van der Waals surface area contributed by atoms with E-state index >= 15 is 0 Å². The molecule has 0 radical (unpaired) electrons. The highest BCUT2D eigenvalue weighted by Crippen LogP contribution is 2.18. The maximum atomic E-state index is 13.5. The van der Waals surface area contributed by atoms with E-state index in [0.29, 0.717) is 17.9 Å². The summed E-state index contributed by atoms with van der Waals surface area (Å²) in [5.74, 6) is 0.167. The summed E-state index contributed by atoms with van der Waals surface area (Å²) < 4.78 is 19.0. The Bertz CT molecular complexity index is 712. The summed E-state index contributed by atoms with van der Waals surface area (Å²) in [6.07, 6.45) is -0.592. The second-order valence-electron chi connectivity index (χ2n) is 7.00. The van der Waals surface area contributed by atoms with Crippen LogP contribution in [0.5, 0.6) is 5.75 Å². The minimum absolute atomic E-state index is 0.167. The van der Waals surface area contributed by atoms with Gasteiger partial charge >= 0.3 is 0 Å². The number of aryl methyl sites for hydroxylation is 2. The zero-order valence-electron chi connectivity index (χ0n) is 15.5. The van der Waals surface area contributed by atoms with Crippen LogP contribution in [0.25, 0.3) is 0 Å². The van der Waals surface area contributed by atoms with Crippen molar-refractivity contribution in [2.45, 2.75) is 20.0 Å². The van der Waals surface area contributed by atoms with Gasteiger partial charge in [0.05, 0.1) is 0 Å². The molecule has 140 valence electrons. The molecule has 1 aliphatic heterocycles. The summed E-state index contributed by atoms with van der Waals surface area (Å²) in [5, 5.41) is 10.2. The van der Waals surface area contributed by atoms with Gasteiger partial charge in [0, 0.05) is 44.5 Å². The number of piperazine rings is 1. The number of rotatable bonds is 6. The molecular formula is C21H27FN2O2. The van der Waals surface area contributed by atoms with Crippen LogP contribution >= 0.6 is 0 Å². The van der Waals surface area contributed by atoms with Crippen molar-refractivity contribution < 1.29 is 14.2 Å². The lowest BCUT2D eigenvalue weighted by molar-refractivity contribution is 0.0662. The summed E-state index contributed by atoms with van der Waals surface area (Å²) in [7, 11) is 0. The molecule has 2 aromatic carbocycles. The number of ether oxygens (including phenoxy) is 1. The first-order chi connectivity index (χ1) is 12.5. The first-order valence-electron chi connectivity index (χ1n) is 9.12. The highest BCUT2D eigenvalue weighted by molar-refractivity contribution is 5.47. The molecule has 2 aromatic rings. The Balaban J connectivity index is 1.42. The Morgan fingerprint density at radius 1 is 1.04 bits per heavy atom. The molecule has 0 spiro atoms. The lowest BCUT2D eigenvalue weighted by Gasteiger charge is -2.36. The van der Waals surface area contributed by atoms with E-state index in [0.717, 1.165) is 26.2 Å². The van der Waals surface area contributed by atoms with Gasteiger partial charge in [-0.2, -0.15) is 0 Å². The van der Waals surface area contributed by atoms with E-state index in [-0.39, 0.29) is 12.4 Å². The van der Waals surface area contributed by atoms with Crippen molar-refractivity contribution in [3.05, 3.63) is 59.4 Å². The molecule has 0 aromatic heterocycles. The lowest BCUT2D eigenvalue weighted by Crippen LogP contribution is -2.49. The molecular weight excluding hydrogens is 331 g/mol. The smallest absolute Gasteiger partial charge is 0.129 e. The molecule has 0 unspecified atom stereocenters. The molecule has 5 heteroatoms. The summed E-state index contributed by atoms with van der Waals surface area (Å²) >= 11 is 0. The average Bonchev–Trinajstić information content (AvgIpc) is 2.64. The van der Waals surface area contributed by atoms with Crippen LogP contribution in [0.2, 0.25) is 0 Å². The van der Waals surface area contributed by atoms with Gasteiger partial charge in [-0.25, -0.2) is 4.39 Å². The van der Waals surface area contributed by atoms with Crippen molar-refractivity contribution in [1.82, 2.24) is 4.90 Å². The number of β-amino-alcohol motifs (C(OH)–C–C–N with tert-alkyl or cyclic N) is 1. The summed E-state index contributed by atoms with van der Waals surface area (Å²) in [6.45, 7) is 8.24. The SMILES string of the molecule is Cc1ccc(N2CCN(C[C@H](O)COc3ccc(C)c(F)c3)CC2)cc1. The molecule has 0 saturated carbocycles. The van der Waals surface area contributed by atoms with Gasteiger partial charge in [-0.3, -0.25) is 4.90 Å². The fourth-order valence-electron chi connectivity index (χ4n) is 3.15. The van der Waals surface area contributed by atoms with Crippen molar-refractivity contribution in [2.24, 2.45) is 0 Å².